The lowest BCUT2D eigenvalue weighted by molar-refractivity contribution is -0.274. The largest absolute Gasteiger partial charge is 0.573 e. The number of carbonyl (C=O) groups excluding carboxylic acids is 1. The SMILES string of the molecule is CN(C)c1nc(CCCC2CCC(CNC(=O)c3ccccc3OC(F)(F)F)CC2)nc2ccccc12. The molecule has 1 N–H and O–H groups in total. The minimum absolute atomic E-state index is 0.109. The highest BCUT2D eigenvalue weighted by Gasteiger charge is 2.33. The second-order valence-electron chi connectivity index (χ2n) is 9.91. The van der Waals surface area contributed by atoms with Gasteiger partial charge in [-0.1, -0.05) is 43.5 Å². The lowest BCUT2D eigenvalue weighted by Crippen LogP contribution is -2.32. The number of anilines is 1. The zero-order chi connectivity index (χ0) is 26.4. The van der Waals surface area contributed by atoms with E-state index < -0.39 is 18.0 Å². The monoisotopic (exact) mass is 514 g/mol. The predicted octanol–water partition coefficient (Wildman–Crippen LogP) is 6.15. The molecule has 37 heavy (non-hydrogen) atoms. The lowest BCUT2D eigenvalue weighted by atomic mass is 9.80. The number of nitrogens with one attached hydrogen (secondary N) is 1. The number of halogens is 3. The Morgan fingerprint density at radius 2 is 1.68 bits per heavy atom. The third-order valence-electron chi connectivity index (χ3n) is 6.94. The summed E-state index contributed by atoms with van der Waals surface area (Å²) in [4.78, 5) is 24.1. The van der Waals surface area contributed by atoms with Gasteiger partial charge in [-0.25, -0.2) is 9.97 Å². The van der Waals surface area contributed by atoms with Gasteiger partial charge in [-0.3, -0.25) is 4.79 Å². The van der Waals surface area contributed by atoms with Crippen LogP contribution < -0.4 is 15.0 Å². The van der Waals surface area contributed by atoms with Crippen molar-refractivity contribution >= 4 is 22.6 Å². The molecule has 0 bridgehead atoms. The molecule has 0 atom stereocenters. The quantitative estimate of drug-likeness (QED) is 0.371. The first-order valence-electron chi connectivity index (χ1n) is 12.8. The van der Waals surface area contributed by atoms with E-state index in [1.54, 1.807) is 0 Å². The molecule has 1 aliphatic rings. The van der Waals surface area contributed by atoms with Crippen molar-refractivity contribution in [2.75, 3.05) is 25.5 Å². The fraction of sp³-hybridized carbons (Fsp3) is 0.464. The molecule has 198 valence electrons. The highest BCUT2D eigenvalue weighted by Crippen LogP contribution is 2.32. The van der Waals surface area contributed by atoms with Gasteiger partial charge >= 0.3 is 6.36 Å². The van der Waals surface area contributed by atoms with E-state index in [9.17, 15) is 18.0 Å². The van der Waals surface area contributed by atoms with Crippen molar-refractivity contribution in [1.29, 1.82) is 0 Å². The van der Waals surface area contributed by atoms with Gasteiger partial charge in [0.25, 0.3) is 5.91 Å². The Hall–Kier alpha value is -3.36. The van der Waals surface area contributed by atoms with Gasteiger partial charge in [0.1, 0.15) is 17.4 Å². The number of para-hydroxylation sites is 2. The molecule has 0 aliphatic heterocycles. The van der Waals surface area contributed by atoms with Gasteiger partial charge in [-0.05, 0) is 55.4 Å². The minimum Gasteiger partial charge on any atom is -0.405 e. The molecular formula is C28H33F3N4O2. The van der Waals surface area contributed by atoms with E-state index in [0.717, 1.165) is 73.6 Å². The van der Waals surface area contributed by atoms with Crippen molar-refractivity contribution in [3.8, 4) is 5.75 Å². The molecule has 1 aromatic heterocycles. The lowest BCUT2D eigenvalue weighted by Gasteiger charge is -2.28. The summed E-state index contributed by atoms with van der Waals surface area (Å²) in [5.41, 5.74) is 0.855. The summed E-state index contributed by atoms with van der Waals surface area (Å²) in [6.07, 6.45) is 2.25. The summed E-state index contributed by atoms with van der Waals surface area (Å²) >= 11 is 0. The van der Waals surface area contributed by atoms with E-state index >= 15 is 0 Å². The van der Waals surface area contributed by atoms with Gasteiger partial charge in [0, 0.05) is 32.4 Å². The van der Waals surface area contributed by atoms with Crippen molar-refractivity contribution in [3.63, 3.8) is 0 Å². The molecule has 6 nitrogen and oxygen atoms in total. The van der Waals surface area contributed by atoms with Crippen LogP contribution in [0.3, 0.4) is 0 Å². The zero-order valence-electron chi connectivity index (χ0n) is 21.2. The highest BCUT2D eigenvalue weighted by molar-refractivity contribution is 5.96. The van der Waals surface area contributed by atoms with E-state index in [0.29, 0.717) is 18.4 Å². The zero-order valence-corrected chi connectivity index (χ0v) is 21.2. The van der Waals surface area contributed by atoms with Gasteiger partial charge < -0.3 is 15.0 Å². The Bertz CT molecular complexity index is 1210. The summed E-state index contributed by atoms with van der Waals surface area (Å²) in [6.45, 7) is 0.449. The van der Waals surface area contributed by atoms with E-state index in [4.69, 9.17) is 9.97 Å². The summed E-state index contributed by atoms with van der Waals surface area (Å²) < 4.78 is 41.9. The van der Waals surface area contributed by atoms with E-state index in [-0.39, 0.29) is 5.56 Å². The molecule has 1 saturated carbocycles. The van der Waals surface area contributed by atoms with Gasteiger partial charge in [0.15, 0.2) is 0 Å². The maximum Gasteiger partial charge on any atom is 0.573 e. The number of carbonyl (C=O) groups is 1. The first kappa shape index (κ1) is 26.7. The number of hydrogen-bond acceptors (Lipinski definition) is 5. The number of aromatic nitrogens is 2. The van der Waals surface area contributed by atoms with Crippen LogP contribution in [0.25, 0.3) is 10.9 Å². The Morgan fingerprint density at radius 3 is 2.41 bits per heavy atom. The summed E-state index contributed by atoms with van der Waals surface area (Å²) in [5.74, 6) is 1.73. The Kier molecular flexibility index (Phi) is 8.51. The van der Waals surface area contributed by atoms with Crippen LogP contribution in [-0.4, -0.2) is 42.9 Å². The van der Waals surface area contributed by atoms with Crippen LogP contribution in [0.15, 0.2) is 48.5 Å². The molecular weight excluding hydrogens is 481 g/mol. The van der Waals surface area contributed by atoms with Crippen LogP contribution in [0.1, 0.15) is 54.7 Å². The van der Waals surface area contributed by atoms with Crippen LogP contribution in [0.5, 0.6) is 5.75 Å². The minimum atomic E-state index is -4.84. The molecule has 1 amide bonds. The molecule has 9 heteroatoms. The first-order valence-corrected chi connectivity index (χ1v) is 12.8. The fourth-order valence-electron chi connectivity index (χ4n) is 5.03. The van der Waals surface area contributed by atoms with E-state index in [1.807, 2.05) is 43.3 Å². The molecule has 1 aliphatic carbocycles. The number of alkyl halides is 3. The number of hydrogen-bond donors (Lipinski definition) is 1. The average Bonchev–Trinajstić information content (AvgIpc) is 2.87. The van der Waals surface area contributed by atoms with Crippen molar-refractivity contribution < 1.29 is 22.7 Å². The number of amides is 1. The molecule has 1 fully saturated rings. The van der Waals surface area contributed by atoms with Crippen molar-refractivity contribution in [2.24, 2.45) is 11.8 Å². The Balaban J connectivity index is 1.22. The average molecular weight is 515 g/mol. The molecule has 0 spiro atoms. The third-order valence-corrected chi connectivity index (χ3v) is 6.94. The van der Waals surface area contributed by atoms with E-state index in [1.165, 1.54) is 18.2 Å². The van der Waals surface area contributed by atoms with Gasteiger partial charge in [0.05, 0.1) is 11.1 Å². The molecule has 4 rings (SSSR count). The van der Waals surface area contributed by atoms with Crippen LogP contribution in [0.4, 0.5) is 19.0 Å². The van der Waals surface area contributed by atoms with Gasteiger partial charge in [-0.15, -0.1) is 13.2 Å². The summed E-state index contributed by atoms with van der Waals surface area (Å²) in [7, 11) is 3.99. The normalized spacial score (nSPS) is 18.0. The fourth-order valence-corrected chi connectivity index (χ4v) is 5.03. The molecule has 3 aromatic rings. The summed E-state index contributed by atoms with van der Waals surface area (Å²) in [6, 6.07) is 13.5. The molecule has 0 radical (unpaired) electrons. The van der Waals surface area contributed by atoms with E-state index in [2.05, 4.69) is 10.1 Å². The third kappa shape index (κ3) is 7.33. The highest BCUT2D eigenvalue weighted by atomic mass is 19.4. The van der Waals surface area contributed by atoms with Gasteiger partial charge in [-0.2, -0.15) is 0 Å². The molecule has 0 unspecified atom stereocenters. The molecule has 2 aromatic carbocycles. The van der Waals surface area contributed by atoms with Crippen molar-refractivity contribution in [3.05, 3.63) is 59.9 Å². The second kappa shape index (κ2) is 11.8. The van der Waals surface area contributed by atoms with Crippen molar-refractivity contribution in [1.82, 2.24) is 15.3 Å². The van der Waals surface area contributed by atoms with Crippen LogP contribution in [-0.2, 0) is 6.42 Å². The number of rotatable bonds is 9. The number of benzene rings is 2. The van der Waals surface area contributed by atoms with Crippen molar-refractivity contribution in [2.45, 2.75) is 51.3 Å². The maximum atomic E-state index is 12.6. The Morgan fingerprint density at radius 1 is 1.00 bits per heavy atom. The summed E-state index contributed by atoms with van der Waals surface area (Å²) in [5, 5.41) is 3.85. The van der Waals surface area contributed by atoms with Crippen LogP contribution in [0.2, 0.25) is 0 Å². The Labute approximate surface area is 215 Å². The molecule has 1 heterocycles. The number of fused-ring (bicyclic) bond motifs is 1. The number of ether oxygens (including phenoxy) is 1. The standard InChI is InChI=1S/C28H33F3N4O2/c1-35(2)26-21-9-3-5-11-23(21)33-25(34-26)13-7-8-19-14-16-20(17-15-19)18-32-27(36)22-10-4-6-12-24(22)37-28(29,30)31/h3-6,9-12,19-20H,7-8,13-18H2,1-2H3,(H,32,36). The predicted molar refractivity (Wildman–Crippen MR) is 138 cm³/mol. The first-order chi connectivity index (χ1) is 17.7. The second-order valence-corrected chi connectivity index (χ2v) is 9.91. The smallest absolute Gasteiger partial charge is 0.405 e. The number of nitrogens with zero attached hydrogens (tertiary/aromatic N) is 3. The topological polar surface area (TPSA) is 67.4 Å². The molecule has 0 saturated heterocycles. The van der Waals surface area contributed by atoms with Crippen LogP contribution in [0, 0.1) is 11.8 Å². The number of aryl methyl sites for hydroxylation is 1. The van der Waals surface area contributed by atoms with Gasteiger partial charge in [0.2, 0.25) is 0 Å². The maximum absolute atomic E-state index is 12.6. The van der Waals surface area contributed by atoms with Crippen LogP contribution >= 0.6 is 0 Å².